The number of ether oxygens (including phenoxy) is 2. The molecule has 1 heterocycles. The molecular formula is C17H28N2O2. The third kappa shape index (κ3) is 4.43. The smallest absolute Gasteiger partial charge is 0.123 e. The van der Waals surface area contributed by atoms with E-state index >= 15 is 0 Å². The van der Waals surface area contributed by atoms with Crippen LogP contribution in [0.25, 0.3) is 0 Å². The van der Waals surface area contributed by atoms with Gasteiger partial charge in [-0.2, -0.15) is 0 Å². The van der Waals surface area contributed by atoms with Crippen LogP contribution in [-0.4, -0.2) is 51.4 Å². The van der Waals surface area contributed by atoms with Gasteiger partial charge in [-0.1, -0.05) is 18.2 Å². The van der Waals surface area contributed by atoms with E-state index in [-0.39, 0.29) is 0 Å². The van der Waals surface area contributed by atoms with E-state index in [2.05, 4.69) is 29.3 Å². The summed E-state index contributed by atoms with van der Waals surface area (Å²) >= 11 is 0. The van der Waals surface area contributed by atoms with Crippen molar-refractivity contribution in [1.82, 2.24) is 10.2 Å². The van der Waals surface area contributed by atoms with Crippen molar-refractivity contribution in [2.24, 2.45) is 0 Å². The molecule has 2 unspecified atom stereocenters. The lowest BCUT2D eigenvalue weighted by atomic mass is 10.0. The quantitative estimate of drug-likeness (QED) is 0.798. The molecule has 4 nitrogen and oxygen atoms in total. The van der Waals surface area contributed by atoms with Gasteiger partial charge >= 0.3 is 0 Å². The summed E-state index contributed by atoms with van der Waals surface area (Å²) in [6.45, 7) is 6.15. The van der Waals surface area contributed by atoms with Crippen molar-refractivity contribution in [3.8, 4) is 5.75 Å². The highest BCUT2D eigenvalue weighted by Gasteiger charge is 2.23. The van der Waals surface area contributed by atoms with Gasteiger partial charge in [0.05, 0.1) is 13.7 Å². The SMILES string of the molecule is COCCN(CC1CCCN1)C(C)c1ccccc1OC. The van der Waals surface area contributed by atoms with E-state index in [1.54, 1.807) is 14.2 Å². The van der Waals surface area contributed by atoms with Crippen molar-refractivity contribution < 1.29 is 9.47 Å². The number of para-hydroxylation sites is 1. The molecule has 0 amide bonds. The fourth-order valence-corrected chi connectivity index (χ4v) is 3.06. The van der Waals surface area contributed by atoms with Crippen LogP contribution in [0.3, 0.4) is 0 Å². The Bertz CT molecular complexity index is 419. The number of methoxy groups -OCH3 is 2. The number of nitrogens with zero attached hydrogens (tertiary/aromatic N) is 1. The second kappa shape index (κ2) is 8.37. The average molecular weight is 292 g/mol. The summed E-state index contributed by atoms with van der Waals surface area (Å²) in [5.41, 5.74) is 1.24. The average Bonchev–Trinajstić information content (AvgIpc) is 3.03. The van der Waals surface area contributed by atoms with Crippen LogP contribution in [0.2, 0.25) is 0 Å². The topological polar surface area (TPSA) is 33.7 Å². The fraction of sp³-hybridized carbons (Fsp3) is 0.647. The Morgan fingerprint density at radius 2 is 2.14 bits per heavy atom. The summed E-state index contributed by atoms with van der Waals surface area (Å²) in [7, 11) is 3.50. The van der Waals surface area contributed by atoms with Gasteiger partial charge in [0.15, 0.2) is 0 Å². The minimum Gasteiger partial charge on any atom is -0.496 e. The number of benzene rings is 1. The molecule has 0 saturated carbocycles. The lowest BCUT2D eigenvalue weighted by Gasteiger charge is -2.32. The van der Waals surface area contributed by atoms with E-state index < -0.39 is 0 Å². The predicted octanol–water partition coefficient (Wildman–Crippen LogP) is 2.46. The standard InChI is InChI=1S/C17H28N2O2/c1-14(16-8-4-5-9-17(16)21-3)19(11-12-20-2)13-15-7-6-10-18-15/h4-5,8-9,14-15,18H,6-7,10-13H2,1-3H3. The summed E-state index contributed by atoms with van der Waals surface area (Å²) in [6.07, 6.45) is 2.55. The van der Waals surface area contributed by atoms with Gasteiger partial charge in [-0.05, 0) is 32.4 Å². The van der Waals surface area contributed by atoms with Crippen molar-refractivity contribution in [2.75, 3.05) is 40.5 Å². The van der Waals surface area contributed by atoms with Crippen LogP contribution in [0, 0.1) is 0 Å². The molecule has 1 aliphatic rings. The van der Waals surface area contributed by atoms with Crippen molar-refractivity contribution >= 4 is 0 Å². The first-order valence-electron chi connectivity index (χ1n) is 7.85. The van der Waals surface area contributed by atoms with Crippen molar-refractivity contribution in [2.45, 2.75) is 31.8 Å². The lowest BCUT2D eigenvalue weighted by molar-refractivity contribution is 0.117. The van der Waals surface area contributed by atoms with Gasteiger partial charge in [-0.25, -0.2) is 0 Å². The Morgan fingerprint density at radius 1 is 1.33 bits per heavy atom. The lowest BCUT2D eigenvalue weighted by Crippen LogP contribution is -2.40. The molecule has 1 aromatic rings. The summed E-state index contributed by atoms with van der Waals surface area (Å²) in [5.74, 6) is 0.965. The third-order valence-corrected chi connectivity index (χ3v) is 4.34. The van der Waals surface area contributed by atoms with E-state index in [0.29, 0.717) is 12.1 Å². The molecule has 1 saturated heterocycles. The molecule has 1 aliphatic heterocycles. The second-order valence-electron chi connectivity index (χ2n) is 5.70. The van der Waals surface area contributed by atoms with Crippen LogP contribution in [0.4, 0.5) is 0 Å². The van der Waals surface area contributed by atoms with Crippen molar-refractivity contribution in [3.05, 3.63) is 29.8 Å². The fourth-order valence-electron chi connectivity index (χ4n) is 3.06. The minimum absolute atomic E-state index is 0.318. The van der Waals surface area contributed by atoms with Crippen LogP contribution in [-0.2, 0) is 4.74 Å². The van der Waals surface area contributed by atoms with E-state index in [1.807, 2.05) is 12.1 Å². The first-order valence-corrected chi connectivity index (χ1v) is 7.85. The molecule has 0 spiro atoms. The molecule has 0 radical (unpaired) electrons. The van der Waals surface area contributed by atoms with Gasteiger partial charge in [-0.3, -0.25) is 4.90 Å². The van der Waals surface area contributed by atoms with Crippen LogP contribution in [0.1, 0.15) is 31.4 Å². The summed E-state index contributed by atoms with van der Waals surface area (Å²) < 4.78 is 10.8. The Labute approximate surface area is 128 Å². The highest BCUT2D eigenvalue weighted by molar-refractivity contribution is 5.35. The molecule has 21 heavy (non-hydrogen) atoms. The van der Waals surface area contributed by atoms with Gasteiger partial charge in [0.25, 0.3) is 0 Å². The summed E-state index contributed by atoms with van der Waals surface area (Å²) in [5, 5.41) is 3.58. The van der Waals surface area contributed by atoms with Crippen LogP contribution in [0.15, 0.2) is 24.3 Å². The van der Waals surface area contributed by atoms with E-state index in [1.165, 1.54) is 18.4 Å². The van der Waals surface area contributed by atoms with E-state index in [0.717, 1.165) is 32.0 Å². The van der Waals surface area contributed by atoms with Gasteiger partial charge in [0.1, 0.15) is 5.75 Å². The monoisotopic (exact) mass is 292 g/mol. The molecule has 1 fully saturated rings. The van der Waals surface area contributed by atoms with Crippen LogP contribution in [0.5, 0.6) is 5.75 Å². The largest absolute Gasteiger partial charge is 0.496 e. The van der Waals surface area contributed by atoms with Gasteiger partial charge < -0.3 is 14.8 Å². The minimum atomic E-state index is 0.318. The molecule has 0 aromatic heterocycles. The summed E-state index contributed by atoms with van der Waals surface area (Å²) in [6, 6.07) is 9.21. The molecule has 2 atom stereocenters. The molecule has 1 aromatic carbocycles. The number of rotatable bonds is 8. The zero-order valence-electron chi connectivity index (χ0n) is 13.5. The third-order valence-electron chi connectivity index (χ3n) is 4.34. The molecule has 4 heteroatoms. The first kappa shape index (κ1) is 16.3. The van der Waals surface area contributed by atoms with Gasteiger partial charge in [0.2, 0.25) is 0 Å². The zero-order chi connectivity index (χ0) is 15.1. The zero-order valence-corrected chi connectivity index (χ0v) is 13.5. The normalized spacial score (nSPS) is 19.9. The van der Waals surface area contributed by atoms with Crippen LogP contribution >= 0.6 is 0 Å². The Morgan fingerprint density at radius 3 is 2.81 bits per heavy atom. The van der Waals surface area contributed by atoms with E-state index in [4.69, 9.17) is 9.47 Å². The Hall–Kier alpha value is -1.10. The highest BCUT2D eigenvalue weighted by Crippen LogP contribution is 2.29. The maximum absolute atomic E-state index is 5.52. The maximum atomic E-state index is 5.52. The molecule has 0 aliphatic carbocycles. The maximum Gasteiger partial charge on any atom is 0.123 e. The summed E-state index contributed by atoms with van der Waals surface area (Å²) in [4.78, 5) is 2.49. The van der Waals surface area contributed by atoms with Crippen LogP contribution < -0.4 is 10.1 Å². The Balaban J connectivity index is 2.09. The molecule has 1 N–H and O–H groups in total. The van der Waals surface area contributed by atoms with Crippen molar-refractivity contribution in [3.63, 3.8) is 0 Å². The molecule has 0 bridgehead atoms. The Kier molecular flexibility index (Phi) is 6.49. The number of hydrogen-bond acceptors (Lipinski definition) is 4. The number of nitrogens with one attached hydrogen (secondary N) is 1. The predicted molar refractivity (Wildman–Crippen MR) is 85.9 cm³/mol. The molecule has 2 rings (SSSR count). The first-order chi connectivity index (χ1) is 10.3. The van der Waals surface area contributed by atoms with Gasteiger partial charge in [0, 0.05) is 37.8 Å². The molecular weight excluding hydrogens is 264 g/mol. The van der Waals surface area contributed by atoms with Gasteiger partial charge in [-0.15, -0.1) is 0 Å². The number of hydrogen-bond donors (Lipinski definition) is 1. The van der Waals surface area contributed by atoms with E-state index in [9.17, 15) is 0 Å². The highest BCUT2D eigenvalue weighted by atomic mass is 16.5. The molecule has 118 valence electrons. The second-order valence-corrected chi connectivity index (χ2v) is 5.70. The van der Waals surface area contributed by atoms with Crippen molar-refractivity contribution in [1.29, 1.82) is 0 Å².